The Morgan fingerprint density at radius 2 is 0.603 bits per heavy atom. The molecule has 0 bridgehead atoms. The fraction of sp³-hybridized carbons (Fsp3) is 0.949. The second-order valence-corrected chi connectivity index (χ2v) is 31.7. The summed E-state index contributed by atoms with van der Waals surface area (Å²) in [6.45, 7) is 9.75. The molecular weight excluding hydrogens is 937 g/mol. The lowest BCUT2D eigenvalue weighted by atomic mass is 9.58. The van der Waals surface area contributed by atoms with Gasteiger partial charge in [0, 0.05) is 0 Å². The Bertz CT molecular complexity index is 1600. The number of fused-ring (bicyclic) bond motifs is 6. The summed E-state index contributed by atoms with van der Waals surface area (Å²) in [6, 6.07) is 0. The normalized spacial score (nSPS) is 37.6. The van der Waals surface area contributed by atoms with Gasteiger partial charge in [0.15, 0.2) is 0 Å². The summed E-state index contributed by atoms with van der Waals surface area (Å²) < 4.78 is 0. The van der Waals surface area contributed by atoms with Crippen LogP contribution in [0.2, 0.25) is 0 Å². The van der Waals surface area contributed by atoms with Crippen LogP contribution in [0.4, 0.5) is 0 Å². The predicted octanol–water partition coefficient (Wildman–Crippen LogP) is 25.2. The molecule has 10 rings (SSSR count). The molecule has 10 atom stereocenters. The molecule has 10 aliphatic carbocycles. The lowest BCUT2D eigenvalue weighted by Gasteiger charge is -2.47. The molecule has 78 heavy (non-hydrogen) atoms. The second-order valence-electron chi connectivity index (χ2n) is 31.7. The smallest absolute Gasteiger partial charge is 0.0197 e. The van der Waals surface area contributed by atoms with Crippen molar-refractivity contribution in [2.75, 3.05) is 0 Å². The molecule has 0 heterocycles. The summed E-state index contributed by atoms with van der Waals surface area (Å²) in [6.07, 6.45) is 85.8. The third kappa shape index (κ3) is 14.2. The summed E-state index contributed by atoms with van der Waals surface area (Å²) >= 11 is 0. The maximum atomic E-state index is 3.12. The van der Waals surface area contributed by atoms with E-state index in [1.807, 2.05) is 0 Å². The molecule has 0 radical (unpaired) electrons. The van der Waals surface area contributed by atoms with Crippen LogP contribution in [0.15, 0.2) is 23.3 Å². The van der Waals surface area contributed by atoms with E-state index in [1.54, 1.807) is 141 Å². The first kappa shape index (κ1) is 60.6. The average molecular weight is 1070 g/mol. The Hall–Kier alpha value is -0.520. The van der Waals surface area contributed by atoms with Gasteiger partial charge in [-0.1, -0.05) is 218 Å². The maximum absolute atomic E-state index is 3.12. The number of hydrogen-bond donors (Lipinski definition) is 0. The zero-order valence-electron chi connectivity index (χ0n) is 53.2. The molecule has 10 fully saturated rings. The quantitative estimate of drug-likeness (QED) is 0.0568. The fourth-order valence-electron chi connectivity index (χ4n) is 24.1. The zero-order chi connectivity index (χ0) is 53.6. The largest absolute Gasteiger partial charge is 0.0817 e. The molecule has 0 aromatic rings. The minimum atomic E-state index is 0.680. The van der Waals surface area contributed by atoms with Gasteiger partial charge in [0.05, 0.1) is 0 Å². The first-order valence-corrected chi connectivity index (χ1v) is 37.9. The standard InChI is InChI=1S/C78H134/c1-5-9-13-27-51-77(52-28-14-10-6-2)73-37-25-23-35-67(73)69-49-47-65(57-75(69)77)71(63-31-19-17-20-32-63)55-59-39-43-61(44-40-59)62-45-41-60(42-46-62)56-72(64-33-21-18-22-34-64)66-48-50-70-68-36-24-26-38-74(68)78(76(70)58-66,53-29-15-11-7-3)54-30-16-12-8-4/h55-56,59-70,73-76H,5-54,57-58H2,1-4H3/b71-55-,72-56-. The van der Waals surface area contributed by atoms with Gasteiger partial charge in [-0.2, -0.15) is 0 Å². The van der Waals surface area contributed by atoms with Crippen molar-refractivity contribution in [2.24, 2.45) is 106 Å². The van der Waals surface area contributed by atoms with Crippen molar-refractivity contribution >= 4 is 0 Å². The molecule has 0 heteroatoms. The number of rotatable bonds is 27. The molecule has 10 aliphatic rings. The summed E-state index contributed by atoms with van der Waals surface area (Å²) in [7, 11) is 0. The van der Waals surface area contributed by atoms with Crippen LogP contribution in [0.25, 0.3) is 0 Å². The number of unbranched alkanes of at least 4 members (excludes halogenated alkanes) is 12. The van der Waals surface area contributed by atoms with Gasteiger partial charge in [-0.15, -0.1) is 0 Å². The molecule has 0 aliphatic heterocycles. The van der Waals surface area contributed by atoms with Gasteiger partial charge in [-0.25, -0.2) is 0 Å². The first-order chi connectivity index (χ1) is 38.5. The molecule has 0 amide bonds. The SMILES string of the molecule is CCCCCCC1(CCCCCC)C2CCCCC2C2CCC(/C(=C\C3CCC(C4CCC(/C=C(/C5CCCCC5)C5CCC6C7CCCCC7C(CCCCCC)(CCCCCC)C6C5)CC4)CC3)C3CCCCC3)CC21. The number of hydrogen-bond acceptors (Lipinski definition) is 0. The highest BCUT2D eigenvalue weighted by molar-refractivity contribution is 5.21. The Morgan fingerprint density at radius 1 is 0.282 bits per heavy atom. The van der Waals surface area contributed by atoms with Gasteiger partial charge >= 0.3 is 0 Å². The van der Waals surface area contributed by atoms with E-state index in [-0.39, 0.29) is 0 Å². The average Bonchev–Trinajstić information content (AvgIpc) is 4.15. The van der Waals surface area contributed by atoms with E-state index < -0.39 is 0 Å². The molecule has 0 N–H and O–H groups in total. The van der Waals surface area contributed by atoms with Crippen molar-refractivity contribution < 1.29 is 0 Å². The van der Waals surface area contributed by atoms with Gasteiger partial charge < -0.3 is 0 Å². The maximum Gasteiger partial charge on any atom is -0.0197 e. The van der Waals surface area contributed by atoms with Crippen LogP contribution in [0.3, 0.4) is 0 Å². The van der Waals surface area contributed by atoms with Gasteiger partial charge in [0.25, 0.3) is 0 Å². The summed E-state index contributed by atoms with van der Waals surface area (Å²) in [5.41, 5.74) is 5.53. The number of allylic oxidation sites excluding steroid dienone is 4. The van der Waals surface area contributed by atoms with Gasteiger partial charge in [0.2, 0.25) is 0 Å². The predicted molar refractivity (Wildman–Crippen MR) is 340 cm³/mol. The van der Waals surface area contributed by atoms with Crippen LogP contribution >= 0.6 is 0 Å². The summed E-state index contributed by atoms with van der Waals surface area (Å²) in [5, 5.41) is 0. The molecule has 0 nitrogen and oxygen atoms in total. The Labute approximate surface area is 487 Å². The van der Waals surface area contributed by atoms with Crippen molar-refractivity contribution in [3.8, 4) is 0 Å². The van der Waals surface area contributed by atoms with Crippen molar-refractivity contribution in [2.45, 2.75) is 362 Å². The molecule has 0 aromatic carbocycles. The lowest BCUT2D eigenvalue weighted by Crippen LogP contribution is -2.38. The summed E-state index contributed by atoms with van der Waals surface area (Å²) in [4.78, 5) is 0. The van der Waals surface area contributed by atoms with Gasteiger partial charge in [-0.3, -0.25) is 0 Å². The molecule has 446 valence electrons. The first-order valence-electron chi connectivity index (χ1n) is 37.9. The Balaban J connectivity index is 0.799. The van der Waals surface area contributed by atoms with Crippen LogP contribution in [0, 0.1) is 106 Å². The third-order valence-electron chi connectivity index (χ3n) is 27.7. The second kappa shape index (κ2) is 30.5. The van der Waals surface area contributed by atoms with E-state index in [0.717, 1.165) is 94.7 Å². The fourth-order valence-corrected chi connectivity index (χ4v) is 24.1. The van der Waals surface area contributed by atoms with E-state index >= 15 is 0 Å². The minimum Gasteiger partial charge on any atom is -0.0817 e. The molecule has 10 saturated carbocycles. The van der Waals surface area contributed by atoms with Crippen molar-refractivity contribution in [3.63, 3.8) is 0 Å². The Kier molecular flexibility index (Phi) is 23.7. The highest BCUT2D eigenvalue weighted by Gasteiger charge is 2.62. The van der Waals surface area contributed by atoms with E-state index in [0.29, 0.717) is 10.8 Å². The molecular formula is C78H134. The molecule has 0 spiro atoms. The monoisotopic (exact) mass is 1070 g/mol. The van der Waals surface area contributed by atoms with Crippen LogP contribution in [-0.2, 0) is 0 Å². The van der Waals surface area contributed by atoms with E-state index in [4.69, 9.17) is 0 Å². The summed E-state index contributed by atoms with van der Waals surface area (Å²) in [5.74, 6) is 16.1. The van der Waals surface area contributed by atoms with E-state index in [2.05, 4.69) is 51.0 Å². The topological polar surface area (TPSA) is 0 Å². The van der Waals surface area contributed by atoms with E-state index in [1.165, 1.54) is 193 Å². The van der Waals surface area contributed by atoms with Crippen LogP contribution in [0.5, 0.6) is 0 Å². The van der Waals surface area contributed by atoms with Crippen LogP contribution in [0.1, 0.15) is 362 Å². The van der Waals surface area contributed by atoms with Crippen molar-refractivity contribution in [1.29, 1.82) is 0 Å². The third-order valence-corrected chi connectivity index (χ3v) is 27.7. The van der Waals surface area contributed by atoms with Crippen molar-refractivity contribution in [3.05, 3.63) is 23.3 Å². The van der Waals surface area contributed by atoms with Gasteiger partial charge in [0.1, 0.15) is 0 Å². The highest BCUT2D eigenvalue weighted by Crippen LogP contribution is 2.70. The zero-order valence-corrected chi connectivity index (χ0v) is 53.2. The van der Waals surface area contributed by atoms with Crippen LogP contribution in [-0.4, -0.2) is 0 Å². The van der Waals surface area contributed by atoms with Crippen molar-refractivity contribution in [1.82, 2.24) is 0 Å². The molecule has 10 unspecified atom stereocenters. The van der Waals surface area contributed by atoms with Gasteiger partial charge in [-0.05, 0) is 272 Å². The highest BCUT2D eigenvalue weighted by atomic mass is 14.7. The lowest BCUT2D eigenvalue weighted by molar-refractivity contribution is 0.0421. The minimum absolute atomic E-state index is 0.680. The Morgan fingerprint density at radius 3 is 0.949 bits per heavy atom. The molecule has 0 aromatic heterocycles. The molecule has 0 saturated heterocycles. The van der Waals surface area contributed by atoms with Crippen LogP contribution < -0.4 is 0 Å². The van der Waals surface area contributed by atoms with E-state index in [9.17, 15) is 0 Å².